The van der Waals surface area contributed by atoms with Gasteiger partial charge in [-0.05, 0) is 44.3 Å². The van der Waals surface area contributed by atoms with Gasteiger partial charge >= 0.3 is 0 Å². The summed E-state index contributed by atoms with van der Waals surface area (Å²) < 4.78 is 0. The van der Waals surface area contributed by atoms with E-state index < -0.39 is 0 Å². The van der Waals surface area contributed by atoms with Crippen molar-refractivity contribution in [2.24, 2.45) is 5.92 Å². The second-order valence-corrected chi connectivity index (χ2v) is 7.52. The topological polar surface area (TPSA) is 12.0 Å². The van der Waals surface area contributed by atoms with Crippen LogP contribution in [0.3, 0.4) is 0 Å². The van der Waals surface area contributed by atoms with Crippen LogP contribution < -0.4 is 5.32 Å². The average molecular weight is 255 g/mol. The van der Waals surface area contributed by atoms with Crippen molar-refractivity contribution in [3.63, 3.8) is 0 Å². The molecule has 1 heterocycles. The fourth-order valence-electron chi connectivity index (χ4n) is 3.43. The Kier molecular flexibility index (Phi) is 5.68. The van der Waals surface area contributed by atoms with E-state index in [4.69, 9.17) is 0 Å². The number of hydrogen-bond donors (Lipinski definition) is 1. The van der Waals surface area contributed by atoms with Crippen LogP contribution in [0.2, 0.25) is 0 Å². The summed E-state index contributed by atoms with van der Waals surface area (Å²) in [6.45, 7) is 4.84. The van der Waals surface area contributed by atoms with Crippen molar-refractivity contribution in [2.45, 2.75) is 82.5 Å². The minimum absolute atomic E-state index is 0.735. The molecule has 1 aliphatic carbocycles. The van der Waals surface area contributed by atoms with E-state index in [0.717, 1.165) is 23.3 Å². The van der Waals surface area contributed by atoms with Crippen LogP contribution in [-0.2, 0) is 0 Å². The van der Waals surface area contributed by atoms with Crippen LogP contribution in [0.1, 0.15) is 65.2 Å². The number of nitrogens with one attached hydrogen (secondary N) is 1. The minimum atomic E-state index is 0.735. The predicted octanol–water partition coefficient (Wildman–Crippen LogP) is 4.22. The smallest absolute Gasteiger partial charge is 0.0186 e. The molecule has 0 radical (unpaired) electrons. The summed E-state index contributed by atoms with van der Waals surface area (Å²) in [6, 6.07) is 1.51. The van der Waals surface area contributed by atoms with Gasteiger partial charge in [-0.25, -0.2) is 0 Å². The fraction of sp³-hybridized carbons (Fsp3) is 1.00. The summed E-state index contributed by atoms with van der Waals surface area (Å²) in [6.07, 6.45) is 11.6. The van der Waals surface area contributed by atoms with Gasteiger partial charge in [-0.1, -0.05) is 32.6 Å². The van der Waals surface area contributed by atoms with Gasteiger partial charge in [-0.2, -0.15) is 11.8 Å². The van der Waals surface area contributed by atoms with Crippen LogP contribution in [0.5, 0.6) is 0 Å². The zero-order valence-corrected chi connectivity index (χ0v) is 12.4. The van der Waals surface area contributed by atoms with E-state index in [9.17, 15) is 0 Å². The van der Waals surface area contributed by atoms with E-state index in [1.54, 1.807) is 0 Å². The van der Waals surface area contributed by atoms with Crippen LogP contribution >= 0.6 is 11.8 Å². The molecule has 1 aliphatic heterocycles. The zero-order chi connectivity index (χ0) is 12.1. The third-order valence-corrected chi connectivity index (χ3v) is 6.07. The van der Waals surface area contributed by atoms with Gasteiger partial charge in [0.15, 0.2) is 0 Å². The number of rotatable bonds is 3. The van der Waals surface area contributed by atoms with Gasteiger partial charge in [-0.3, -0.25) is 0 Å². The van der Waals surface area contributed by atoms with Crippen LogP contribution in [0, 0.1) is 5.92 Å². The Morgan fingerprint density at radius 3 is 2.35 bits per heavy atom. The van der Waals surface area contributed by atoms with Gasteiger partial charge in [-0.15, -0.1) is 0 Å². The van der Waals surface area contributed by atoms with Crippen molar-refractivity contribution in [1.82, 2.24) is 5.32 Å². The zero-order valence-electron chi connectivity index (χ0n) is 11.6. The third-order valence-electron chi connectivity index (χ3n) is 4.69. The van der Waals surface area contributed by atoms with E-state index in [2.05, 4.69) is 30.9 Å². The monoisotopic (exact) mass is 255 g/mol. The third kappa shape index (κ3) is 4.17. The second kappa shape index (κ2) is 7.04. The molecule has 0 spiro atoms. The molecule has 2 aliphatic rings. The fourth-order valence-corrected chi connectivity index (χ4v) is 4.58. The Morgan fingerprint density at radius 1 is 1.00 bits per heavy atom. The van der Waals surface area contributed by atoms with Gasteiger partial charge < -0.3 is 5.32 Å². The maximum atomic E-state index is 3.95. The molecule has 1 N–H and O–H groups in total. The van der Waals surface area contributed by atoms with Crippen LogP contribution in [0.25, 0.3) is 0 Å². The minimum Gasteiger partial charge on any atom is -0.310 e. The SMILES string of the molecule is CC1SCCCC1N[C@H](C)C1CCCCCC1. The Balaban J connectivity index is 1.79. The molecular weight excluding hydrogens is 226 g/mol. The lowest BCUT2D eigenvalue weighted by Crippen LogP contribution is -2.46. The molecule has 0 aromatic rings. The van der Waals surface area contributed by atoms with Crippen molar-refractivity contribution in [1.29, 1.82) is 0 Å². The molecule has 2 heteroatoms. The van der Waals surface area contributed by atoms with Crippen LogP contribution in [-0.4, -0.2) is 23.1 Å². The van der Waals surface area contributed by atoms with Crippen molar-refractivity contribution in [3.8, 4) is 0 Å². The first kappa shape index (κ1) is 13.7. The number of thioether (sulfide) groups is 1. The Morgan fingerprint density at radius 2 is 1.71 bits per heavy atom. The van der Waals surface area contributed by atoms with Crippen molar-refractivity contribution < 1.29 is 0 Å². The molecular formula is C15H29NS. The van der Waals surface area contributed by atoms with Gasteiger partial charge in [0.25, 0.3) is 0 Å². The number of hydrogen-bond acceptors (Lipinski definition) is 2. The summed E-state index contributed by atoms with van der Waals surface area (Å²) in [5, 5.41) is 4.76. The molecule has 1 saturated carbocycles. The van der Waals surface area contributed by atoms with Gasteiger partial charge in [0, 0.05) is 17.3 Å². The largest absolute Gasteiger partial charge is 0.310 e. The lowest BCUT2D eigenvalue weighted by Gasteiger charge is -2.34. The quantitative estimate of drug-likeness (QED) is 0.758. The van der Waals surface area contributed by atoms with E-state index in [1.807, 2.05) is 0 Å². The molecule has 0 amide bonds. The molecule has 2 rings (SSSR count). The molecule has 0 aromatic heterocycles. The Bertz CT molecular complexity index is 211. The average Bonchev–Trinajstić information content (AvgIpc) is 2.61. The predicted molar refractivity (Wildman–Crippen MR) is 78.7 cm³/mol. The summed E-state index contributed by atoms with van der Waals surface area (Å²) in [7, 11) is 0. The van der Waals surface area contributed by atoms with E-state index >= 15 is 0 Å². The summed E-state index contributed by atoms with van der Waals surface area (Å²) >= 11 is 2.16. The van der Waals surface area contributed by atoms with Gasteiger partial charge in [0.05, 0.1) is 0 Å². The molecule has 1 nitrogen and oxygen atoms in total. The van der Waals surface area contributed by atoms with Crippen molar-refractivity contribution in [3.05, 3.63) is 0 Å². The molecule has 0 aromatic carbocycles. The molecule has 1 saturated heterocycles. The molecule has 2 fully saturated rings. The van der Waals surface area contributed by atoms with Crippen molar-refractivity contribution >= 4 is 11.8 Å². The normalized spacial score (nSPS) is 34.2. The standard InChI is InChI=1S/C15H29NS/c1-12(14-8-5-3-4-6-9-14)16-15-10-7-11-17-13(15)2/h12-16H,3-11H2,1-2H3/t12-,13?,15?/m1/s1. The molecule has 17 heavy (non-hydrogen) atoms. The highest BCUT2D eigenvalue weighted by Crippen LogP contribution is 2.29. The lowest BCUT2D eigenvalue weighted by molar-refractivity contribution is 0.298. The maximum absolute atomic E-state index is 3.95. The van der Waals surface area contributed by atoms with E-state index in [1.165, 1.54) is 57.1 Å². The van der Waals surface area contributed by atoms with E-state index in [-0.39, 0.29) is 0 Å². The highest BCUT2D eigenvalue weighted by atomic mass is 32.2. The first-order valence-electron chi connectivity index (χ1n) is 7.65. The highest BCUT2D eigenvalue weighted by Gasteiger charge is 2.26. The second-order valence-electron chi connectivity index (χ2n) is 6.03. The summed E-state index contributed by atoms with van der Waals surface area (Å²) in [5.41, 5.74) is 0. The molecule has 0 bridgehead atoms. The molecule has 100 valence electrons. The van der Waals surface area contributed by atoms with Gasteiger partial charge in [0.1, 0.15) is 0 Å². The first-order valence-corrected chi connectivity index (χ1v) is 8.70. The summed E-state index contributed by atoms with van der Waals surface area (Å²) in [5.74, 6) is 2.31. The molecule has 2 unspecified atom stereocenters. The van der Waals surface area contributed by atoms with Crippen LogP contribution in [0.15, 0.2) is 0 Å². The summed E-state index contributed by atoms with van der Waals surface area (Å²) in [4.78, 5) is 0. The lowest BCUT2D eigenvalue weighted by atomic mass is 9.92. The van der Waals surface area contributed by atoms with E-state index in [0.29, 0.717) is 0 Å². The first-order chi connectivity index (χ1) is 8.27. The van der Waals surface area contributed by atoms with Gasteiger partial charge in [0.2, 0.25) is 0 Å². The Hall–Kier alpha value is 0.310. The van der Waals surface area contributed by atoms with Crippen molar-refractivity contribution in [2.75, 3.05) is 5.75 Å². The highest BCUT2D eigenvalue weighted by molar-refractivity contribution is 7.99. The maximum Gasteiger partial charge on any atom is 0.0186 e. The van der Waals surface area contributed by atoms with Crippen LogP contribution in [0.4, 0.5) is 0 Å². The Labute approximate surface area is 112 Å². The molecule has 3 atom stereocenters.